The average molecular weight is 1170 g/mol. The summed E-state index contributed by atoms with van der Waals surface area (Å²) in [7, 11) is 0. The normalized spacial score (nSPS) is 12.7. The van der Waals surface area contributed by atoms with Crippen molar-refractivity contribution in [2.45, 2.75) is 431 Å². The van der Waals surface area contributed by atoms with Gasteiger partial charge in [-0.25, -0.2) is 0 Å². The van der Waals surface area contributed by atoms with Gasteiger partial charge < -0.3 is 20.3 Å². The first-order valence-corrected chi connectivity index (χ1v) is 37.8. The van der Waals surface area contributed by atoms with E-state index in [9.17, 15) is 19.8 Å². The molecule has 0 radical (unpaired) electrons. The van der Waals surface area contributed by atoms with Gasteiger partial charge in [0.05, 0.1) is 25.4 Å². The van der Waals surface area contributed by atoms with Crippen LogP contribution in [0.15, 0.2) is 36.5 Å². The third-order valence-corrected chi connectivity index (χ3v) is 17.6. The highest BCUT2D eigenvalue weighted by Gasteiger charge is 2.18. The van der Waals surface area contributed by atoms with Crippen LogP contribution in [0.2, 0.25) is 0 Å². The van der Waals surface area contributed by atoms with Gasteiger partial charge in [0.2, 0.25) is 5.91 Å². The number of carbonyl (C=O) groups is 2. The third-order valence-electron chi connectivity index (χ3n) is 17.6. The van der Waals surface area contributed by atoms with Crippen molar-refractivity contribution in [1.29, 1.82) is 0 Å². The molecule has 0 saturated heterocycles. The lowest BCUT2D eigenvalue weighted by molar-refractivity contribution is -0.143. The molecule has 0 aromatic rings. The van der Waals surface area contributed by atoms with E-state index in [-0.39, 0.29) is 18.5 Å². The molecule has 2 atom stereocenters. The summed E-state index contributed by atoms with van der Waals surface area (Å²) in [6, 6.07) is -0.628. The van der Waals surface area contributed by atoms with E-state index < -0.39 is 12.1 Å². The highest BCUT2D eigenvalue weighted by Crippen LogP contribution is 2.19. The monoisotopic (exact) mass is 1170 g/mol. The van der Waals surface area contributed by atoms with Gasteiger partial charge in [0.15, 0.2) is 0 Å². The minimum atomic E-state index is -0.845. The number of esters is 1. The predicted molar refractivity (Wildman–Crippen MR) is 366 cm³/mol. The average Bonchev–Trinajstić information content (AvgIpc) is 3.49. The summed E-state index contributed by atoms with van der Waals surface area (Å²) in [5, 5.41) is 23.2. The zero-order valence-corrected chi connectivity index (χ0v) is 56.2. The van der Waals surface area contributed by atoms with Crippen molar-refractivity contribution >= 4 is 11.9 Å². The van der Waals surface area contributed by atoms with Crippen LogP contribution < -0.4 is 5.32 Å². The van der Waals surface area contributed by atoms with Gasteiger partial charge >= 0.3 is 5.97 Å². The molecule has 0 aromatic carbocycles. The lowest BCUT2D eigenvalue weighted by Crippen LogP contribution is -2.45. The van der Waals surface area contributed by atoms with E-state index in [2.05, 4.69) is 43.5 Å². The number of hydrogen-bond acceptors (Lipinski definition) is 5. The highest BCUT2D eigenvalue weighted by molar-refractivity contribution is 5.76. The Morgan fingerprint density at radius 1 is 0.325 bits per heavy atom. The molecule has 0 aliphatic carbocycles. The number of rotatable bonds is 71. The summed E-state index contributed by atoms with van der Waals surface area (Å²) in [4.78, 5) is 24.6. The van der Waals surface area contributed by atoms with Crippen molar-refractivity contribution in [1.82, 2.24) is 5.32 Å². The second kappa shape index (κ2) is 72.6. The summed E-state index contributed by atoms with van der Waals surface area (Å²) in [5.41, 5.74) is 0. The number of hydrogen-bond donors (Lipinski definition) is 3. The van der Waals surface area contributed by atoms with Crippen molar-refractivity contribution in [2.24, 2.45) is 0 Å². The maximum absolute atomic E-state index is 12.5. The van der Waals surface area contributed by atoms with Crippen LogP contribution >= 0.6 is 0 Å². The number of amides is 1. The number of carbonyl (C=O) groups excluding carboxylic acids is 2. The van der Waals surface area contributed by atoms with Gasteiger partial charge in [-0.3, -0.25) is 9.59 Å². The molecule has 0 rings (SSSR count). The number of unbranched alkanes of at least 4 members (excludes halogenated alkanes) is 56. The first-order valence-electron chi connectivity index (χ1n) is 37.8. The van der Waals surface area contributed by atoms with E-state index in [0.29, 0.717) is 19.4 Å². The molecule has 0 aromatic heterocycles. The van der Waals surface area contributed by atoms with Crippen LogP contribution in [0.25, 0.3) is 0 Å². The lowest BCUT2D eigenvalue weighted by atomic mass is 10.0. The Bertz CT molecular complexity index is 1340. The fraction of sp³-hybridized carbons (Fsp3) is 0.896. The zero-order chi connectivity index (χ0) is 59.9. The van der Waals surface area contributed by atoms with Crippen molar-refractivity contribution in [3.05, 3.63) is 36.5 Å². The van der Waals surface area contributed by atoms with Gasteiger partial charge in [-0.15, -0.1) is 0 Å². The van der Waals surface area contributed by atoms with Crippen LogP contribution in [0.5, 0.6) is 0 Å². The maximum Gasteiger partial charge on any atom is 0.305 e. The third kappa shape index (κ3) is 69.1. The Morgan fingerprint density at radius 2 is 0.566 bits per heavy atom. The molecule has 0 heterocycles. The fourth-order valence-corrected chi connectivity index (χ4v) is 11.9. The highest BCUT2D eigenvalue weighted by atomic mass is 16.5. The van der Waals surface area contributed by atoms with E-state index in [1.807, 2.05) is 6.08 Å². The van der Waals surface area contributed by atoms with Gasteiger partial charge in [-0.2, -0.15) is 0 Å². The quantitative estimate of drug-likeness (QED) is 0.0320. The summed E-state index contributed by atoms with van der Waals surface area (Å²) < 4.78 is 5.51. The van der Waals surface area contributed by atoms with E-state index in [4.69, 9.17) is 4.74 Å². The van der Waals surface area contributed by atoms with Crippen molar-refractivity contribution in [2.75, 3.05) is 13.2 Å². The molecule has 0 bridgehead atoms. The largest absolute Gasteiger partial charge is 0.466 e. The summed E-state index contributed by atoms with van der Waals surface area (Å²) >= 11 is 0. The van der Waals surface area contributed by atoms with E-state index in [1.165, 1.54) is 347 Å². The fourth-order valence-electron chi connectivity index (χ4n) is 11.9. The molecule has 3 N–H and O–H groups in total. The predicted octanol–water partition coefficient (Wildman–Crippen LogP) is 24.7. The molecule has 0 aliphatic heterocycles. The first kappa shape index (κ1) is 81.1. The molecular weight excluding hydrogens is 1020 g/mol. The zero-order valence-electron chi connectivity index (χ0n) is 56.2. The number of allylic oxidation sites excluding steroid dienone is 5. The van der Waals surface area contributed by atoms with Crippen molar-refractivity contribution < 1.29 is 24.5 Å². The Kier molecular flexibility index (Phi) is 70.9. The first-order chi connectivity index (χ1) is 41.0. The van der Waals surface area contributed by atoms with Gasteiger partial charge in [0.1, 0.15) is 0 Å². The molecule has 1 amide bonds. The van der Waals surface area contributed by atoms with Crippen LogP contribution in [-0.4, -0.2) is 47.4 Å². The van der Waals surface area contributed by atoms with Gasteiger partial charge in [0, 0.05) is 12.8 Å². The summed E-state index contributed by atoms with van der Waals surface area (Å²) in [6.45, 7) is 4.94. The maximum atomic E-state index is 12.5. The van der Waals surface area contributed by atoms with Crippen LogP contribution in [0.1, 0.15) is 418 Å². The standard InChI is InChI=1S/C77H147NO5/c1-3-5-7-9-11-13-15-17-19-21-34-37-41-45-49-53-57-61-65-69-75(80)74(73-79)78-76(81)70-66-62-58-54-50-46-42-38-35-32-30-28-26-24-23-25-27-29-31-33-36-40-44-48-52-56-60-64-68-72-83-77(82)71-67-63-59-55-51-47-43-39-22-20-18-16-14-12-10-8-6-4-2/h20,22-23,25,65,69,74-75,79-80H,3-19,21,24,26-64,66-68,70-73H2,1-2H3,(H,78,81)/b22-20-,25-23-,69-65+. The number of aliphatic hydroxyl groups is 2. The topological polar surface area (TPSA) is 95.9 Å². The van der Waals surface area contributed by atoms with Crippen LogP contribution in [0.4, 0.5) is 0 Å². The molecule has 0 aliphatic rings. The van der Waals surface area contributed by atoms with Crippen LogP contribution in [-0.2, 0) is 14.3 Å². The van der Waals surface area contributed by atoms with E-state index >= 15 is 0 Å². The molecule has 83 heavy (non-hydrogen) atoms. The van der Waals surface area contributed by atoms with E-state index in [0.717, 1.165) is 44.9 Å². The molecule has 0 fully saturated rings. The number of nitrogens with one attached hydrogen (secondary N) is 1. The van der Waals surface area contributed by atoms with Gasteiger partial charge in [-0.05, 0) is 83.5 Å². The second-order valence-electron chi connectivity index (χ2n) is 26.0. The lowest BCUT2D eigenvalue weighted by Gasteiger charge is -2.20. The molecular formula is C77H147NO5. The second-order valence-corrected chi connectivity index (χ2v) is 26.0. The summed E-state index contributed by atoms with van der Waals surface area (Å²) in [5.74, 6) is -0.0496. The molecule has 490 valence electrons. The minimum absolute atomic E-state index is 0.0139. The Hall–Kier alpha value is -1.92. The Morgan fingerprint density at radius 3 is 0.855 bits per heavy atom. The SMILES string of the molecule is CCCCCCCCC/C=C\CCCCCCCCCC(=O)OCCCCCCCCCCCCCC/C=C\CCCCCCCCCCCCCCCC(=O)NC(CO)C(O)/C=C/CCCCCCCCCCCCCCCCCCC. The van der Waals surface area contributed by atoms with Crippen molar-refractivity contribution in [3.8, 4) is 0 Å². The molecule has 0 saturated carbocycles. The van der Waals surface area contributed by atoms with E-state index in [1.54, 1.807) is 6.08 Å². The Labute approximate surface area is 519 Å². The molecule has 6 nitrogen and oxygen atoms in total. The van der Waals surface area contributed by atoms with Crippen LogP contribution in [0, 0.1) is 0 Å². The number of aliphatic hydroxyl groups excluding tert-OH is 2. The van der Waals surface area contributed by atoms with Gasteiger partial charge in [-0.1, -0.05) is 359 Å². The molecule has 2 unspecified atom stereocenters. The van der Waals surface area contributed by atoms with Crippen LogP contribution in [0.3, 0.4) is 0 Å². The number of ether oxygens (including phenoxy) is 1. The smallest absolute Gasteiger partial charge is 0.305 e. The Balaban J connectivity index is 3.38. The minimum Gasteiger partial charge on any atom is -0.466 e. The molecule has 0 spiro atoms. The van der Waals surface area contributed by atoms with Crippen molar-refractivity contribution in [3.63, 3.8) is 0 Å². The van der Waals surface area contributed by atoms with Gasteiger partial charge in [0.25, 0.3) is 0 Å². The summed E-state index contributed by atoms with van der Waals surface area (Å²) in [6.07, 6.45) is 93.9. The molecule has 6 heteroatoms.